The minimum atomic E-state index is -0.944. The Balaban J connectivity index is 2.58. The first-order chi connectivity index (χ1) is 7.24. The SMILES string of the molecule is O=BCN[C@@H](Cc1ccccc1)C(=O)O. The molecule has 0 heterocycles. The molecule has 0 saturated carbocycles. The number of rotatable bonds is 6. The van der Waals surface area contributed by atoms with Gasteiger partial charge < -0.3 is 0 Å². The molecule has 0 amide bonds. The predicted octanol–water partition coefficient (Wildman–Crippen LogP) is 0.279. The molecule has 2 N–H and O–H groups in total. The maximum atomic E-state index is 10.8. The summed E-state index contributed by atoms with van der Waals surface area (Å²) >= 11 is 0. The molecule has 1 atom stereocenters. The van der Waals surface area contributed by atoms with E-state index in [2.05, 4.69) is 5.32 Å². The molecular formula is C10H12BNO3. The molecule has 0 spiro atoms. The van der Waals surface area contributed by atoms with Gasteiger partial charge in [-0.3, -0.25) is 0 Å². The molecule has 0 aromatic heterocycles. The average Bonchev–Trinajstić information content (AvgIpc) is 2.25. The topological polar surface area (TPSA) is 66.4 Å². The summed E-state index contributed by atoms with van der Waals surface area (Å²) < 4.78 is 10.1. The molecular weight excluding hydrogens is 193 g/mol. The second kappa shape index (κ2) is 6.08. The number of carbonyl (C=O) groups is 1. The fourth-order valence-corrected chi connectivity index (χ4v) is 1.29. The molecule has 0 aliphatic heterocycles. The zero-order valence-electron chi connectivity index (χ0n) is 8.22. The van der Waals surface area contributed by atoms with Crippen LogP contribution in [0.1, 0.15) is 5.56 Å². The number of benzene rings is 1. The monoisotopic (exact) mass is 205 g/mol. The number of nitrogens with one attached hydrogen (secondary N) is 1. The van der Waals surface area contributed by atoms with Crippen LogP contribution in [0.5, 0.6) is 0 Å². The number of hydrogen-bond acceptors (Lipinski definition) is 3. The Morgan fingerprint density at radius 2 is 2.07 bits per heavy atom. The molecule has 1 aromatic rings. The summed E-state index contributed by atoms with van der Waals surface area (Å²) in [5.41, 5.74) is 0.934. The molecule has 1 rings (SSSR count). The van der Waals surface area contributed by atoms with Gasteiger partial charge in [0.05, 0.1) is 0 Å². The summed E-state index contributed by atoms with van der Waals surface area (Å²) in [4.78, 5) is 10.8. The molecule has 4 nitrogen and oxygen atoms in total. The second-order valence-electron chi connectivity index (χ2n) is 3.16. The number of aliphatic carboxylic acids is 1. The van der Waals surface area contributed by atoms with Crippen LogP contribution in [-0.4, -0.2) is 30.7 Å². The zero-order valence-corrected chi connectivity index (χ0v) is 8.22. The van der Waals surface area contributed by atoms with Crippen molar-refractivity contribution in [2.45, 2.75) is 12.5 Å². The third-order valence-electron chi connectivity index (χ3n) is 2.03. The van der Waals surface area contributed by atoms with Crippen molar-refractivity contribution in [2.24, 2.45) is 0 Å². The van der Waals surface area contributed by atoms with Gasteiger partial charge in [-0.05, 0) is 0 Å². The van der Waals surface area contributed by atoms with E-state index in [1.54, 1.807) is 0 Å². The minimum absolute atomic E-state index is 0.0593. The zero-order chi connectivity index (χ0) is 11.1. The van der Waals surface area contributed by atoms with Crippen LogP contribution < -0.4 is 5.32 Å². The first kappa shape index (κ1) is 11.6. The van der Waals surface area contributed by atoms with Gasteiger partial charge in [-0.25, -0.2) is 0 Å². The van der Waals surface area contributed by atoms with Crippen LogP contribution in [0.25, 0.3) is 0 Å². The molecule has 0 saturated heterocycles. The van der Waals surface area contributed by atoms with Gasteiger partial charge in [-0.2, -0.15) is 0 Å². The van der Waals surface area contributed by atoms with Crippen molar-refractivity contribution in [1.82, 2.24) is 5.32 Å². The van der Waals surface area contributed by atoms with E-state index in [0.29, 0.717) is 13.6 Å². The van der Waals surface area contributed by atoms with Gasteiger partial charge in [0.25, 0.3) is 0 Å². The van der Waals surface area contributed by atoms with Gasteiger partial charge >= 0.3 is 87.8 Å². The molecule has 1 aromatic carbocycles. The van der Waals surface area contributed by atoms with E-state index >= 15 is 0 Å². The molecule has 5 heteroatoms. The Bertz CT molecular complexity index is 329. The van der Waals surface area contributed by atoms with Crippen LogP contribution in [0.3, 0.4) is 0 Å². The molecule has 15 heavy (non-hydrogen) atoms. The van der Waals surface area contributed by atoms with Gasteiger partial charge in [-0.1, -0.05) is 0 Å². The fraction of sp³-hybridized carbons (Fsp3) is 0.300. The third kappa shape index (κ3) is 4.04. The van der Waals surface area contributed by atoms with Crippen LogP contribution in [0, 0.1) is 0 Å². The molecule has 0 aliphatic rings. The molecule has 0 fully saturated rings. The molecule has 0 radical (unpaired) electrons. The van der Waals surface area contributed by atoms with Crippen molar-refractivity contribution in [3.05, 3.63) is 35.9 Å². The summed E-state index contributed by atoms with van der Waals surface area (Å²) in [5, 5.41) is 11.5. The van der Waals surface area contributed by atoms with Crippen LogP contribution in [-0.2, 0) is 15.9 Å². The number of hydrogen-bond donors (Lipinski definition) is 2. The average molecular weight is 205 g/mol. The number of carboxylic acids is 1. The van der Waals surface area contributed by atoms with E-state index in [9.17, 15) is 9.50 Å². The predicted molar refractivity (Wildman–Crippen MR) is 56.0 cm³/mol. The summed E-state index contributed by atoms with van der Waals surface area (Å²) in [6.07, 6.45) is 0.438. The van der Waals surface area contributed by atoms with Gasteiger partial charge in [0.1, 0.15) is 0 Å². The van der Waals surface area contributed by atoms with E-state index in [1.165, 1.54) is 0 Å². The van der Waals surface area contributed by atoms with Crippen molar-refractivity contribution in [3.8, 4) is 0 Å². The standard InChI is InChI=1S/C10H12BNO3/c13-10(14)9(12-7-11-15)6-8-4-2-1-3-5-8/h1-5,9,12H,6-7H2,(H,13,14)/t9-/m0/s1. The maximum absolute atomic E-state index is 10.8. The molecule has 78 valence electrons. The Morgan fingerprint density at radius 1 is 1.40 bits per heavy atom. The summed E-state index contributed by atoms with van der Waals surface area (Å²) in [6.45, 7) is 0. The Kier molecular flexibility index (Phi) is 4.70. The number of carboxylic acid groups (broad SMARTS) is 1. The van der Waals surface area contributed by atoms with E-state index in [1.807, 2.05) is 30.3 Å². The van der Waals surface area contributed by atoms with Crippen LogP contribution in [0.4, 0.5) is 0 Å². The van der Waals surface area contributed by atoms with Crippen LogP contribution >= 0.6 is 0 Å². The molecule has 0 bridgehead atoms. The van der Waals surface area contributed by atoms with E-state index in [4.69, 9.17) is 5.11 Å². The first-order valence-electron chi connectivity index (χ1n) is 4.68. The first-order valence-corrected chi connectivity index (χ1v) is 4.68. The van der Waals surface area contributed by atoms with Gasteiger partial charge in [0.2, 0.25) is 0 Å². The second-order valence-corrected chi connectivity index (χ2v) is 3.16. The summed E-state index contributed by atoms with van der Waals surface area (Å²) in [5.74, 6) is -0.944. The van der Waals surface area contributed by atoms with Crippen LogP contribution in [0.2, 0.25) is 0 Å². The Hall–Kier alpha value is -1.49. The van der Waals surface area contributed by atoms with Gasteiger partial charge in [0.15, 0.2) is 0 Å². The third-order valence-corrected chi connectivity index (χ3v) is 2.03. The van der Waals surface area contributed by atoms with Crippen molar-refractivity contribution in [2.75, 3.05) is 6.44 Å². The van der Waals surface area contributed by atoms with E-state index in [0.717, 1.165) is 5.56 Å². The summed E-state index contributed by atoms with van der Waals surface area (Å²) in [6, 6.07) is 8.59. The summed E-state index contributed by atoms with van der Waals surface area (Å²) in [7, 11) is 0.654. The van der Waals surface area contributed by atoms with Crippen molar-refractivity contribution < 1.29 is 14.6 Å². The van der Waals surface area contributed by atoms with Crippen molar-refractivity contribution in [1.29, 1.82) is 0 Å². The molecule has 0 unspecified atom stereocenters. The fourth-order valence-electron chi connectivity index (χ4n) is 1.29. The van der Waals surface area contributed by atoms with E-state index in [-0.39, 0.29) is 6.44 Å². The van der Waals surface area contributed by atoms with Crippen molar-refractivity contribution >= 4 is 13.1 Å². The normalized spacial score (nSPS) is 11.7. The Morgan fingerprint density at radius 3 is 2.60 bits per heavy atom. The quantitative estimate of drug-likeness (QED) is 0.654. The van der Waals surface area contributed by atoms with Gasteiger partial charge in [0, 0.05) is 0 Å². The van der Waals surface area contributed by atoms with Crippen molar-refractivity contribution in [3.63, 3.8) is 0 Å². The van der Waals surface area contributed by atoms with Crippen LogP contribution in [0.15, 0.2) is 30.3 Å². The Labute approximate surface area is 88.6 Å². The molecule has 0 aliphatic carbocycles. The van der Waals surface area contributed by atoms with E-state index < -0.39 is 12.0 Å². The van der Waals surface area contributed by atoms with Gasteiger partial charge in [-0.15, -0.1) is 0 Å².